The Morgan fingerprint density at radius 1 is 1.14 bits per heavy atom. The second kappa shape index (κ2) is 7.93. The first-order chi connectivity index (χ1) is 6.93. The Hall–Kier alpha value is -0.430. The fraction of sp³-hybridized carbons (Fsp3) is 0.385. The Balaban J connectivity index is 2.20. The van der Waals surface area contributed by atoms with Crippen LogP contribution in [0.25, 0.3) is 0 Å². The van der Waals surface area contributed by atoms with Crippen molar-refractivity contribution in [3.05, 3.63) is 30.3 Å². The molecular formula is C13H16Te. The van der Waals surface area contributed by atoms with Gasteiger partial charge in [0.1, 0.15) is 0 Å². The van der Waals surface area contributed by atoms with Crippen molar-refractivity contribution in [1.82, 2.24) is 0 Å². The maximum absolute atomic E-state index is 3.34. The normalized spacial score (nSPS) is 9.21. The van der Waals surface area contributed by atoms with E-state index in [9.17, 15) is 0 Å². The van der Waals surface area contributed by atoms with Gasteiger partial charge in [0, 0.05) is 0 Å². The molecule has 0 aliphatic carbocycles. The quantitative estimate of drug-likeness (QED) is 0.455. The zero-order valence-corrected chi connectivity index (χ0v) is 11.0. The number of rotatable bonds is 4. The third kappa shape index (κ3) is 5.33. The van der Waals surface area contributed by atoms with E-state index in [4.69, 9.17) is 0 Å². The molecule has 1 heteroatoms. The summed E-state index contributed by atoms with van der Waals surface area (Å²) in [6.45, 7) is 2.23. The predicted octanol–water partition coefficient (Wildman–Crippen LogP) is 2.56. The first-order valence-electron chi connectivity index (χ1n) is 5.13. The van der Waals surface area contributed by atoms with E-state index in [-0.39, 0.29) is 20.9 Å². The monoisotopic (exact) mass is 302 g/mol. The van der Waals surface area contributed by atoms with Gasteiger partial charge in [-0.3, -0.25) is 0 Å². The van der Waals surface area contributed by atoms with Gasteiger partial charge in [0.15, 0.2) is 0 Å². The third-order valence-electron chi connectivity index (χ3n) is 1.89. The molecule has 14 heavy (non-hydrogen) atoms. The summed E-state index contributed by atoms with van der Waals surface area (Å²) in [7, 11) is 0. The average Bonchev–Trinajstić information content (AvgIpc) is 2.25. The topological polar surface area (TPSA) is 0 Å². The van der Waals surface area contributed by atoms with E-state index in [0.717, 1.165) is 6.42 Å². The van der Waals surface area contributed by atoms with E-state index < -0.39 is 0 Å². The van der Waals surface area contributed by atoms with Gasteiger partial charge in [-0.1, -0.05) is 0 Å². The Bertz CT molecular complexity index is 292. The first kappa shape index (κ1) is 11.6. The van der Waals surface area contributed by atoms with Gasteiger partial charge in [-0.05, 0) is 0 Å². The van der Waals surface area contributed by atoms with Crippen molar-refractivity contribution >= 4 is 24.5 Å². The molecule has 74 valence electrons. The zero-order chi connectivity index (χ0) is 10.1. The van der Waals surface area contributed by atoms with Gasteiger partial charge < -0.3 is 0 Å². The van der Waals surface area contributed by atoms with Gasteiger partial charge >= 0.3 is 97.4 Å². The molecule has 0 unspecified atom stereocenters. The second-order valence-electron chi connectivity index (χ2n) is 3.15. The van der Waals surface area contributed by atoms with Crippen LogP contribution in [0, 0.1) is 9.89 Å². The van der Waals surface area contributed by atoms with E-state index >= 15 is 0 Å². The Morgan fingerprint density at radius 2 is 1.93 bits per heavy atom. The maximum atomic E-state index is 3.34. The molecule has 0 bridgehead atoms. The second-order valence-corrected chi connectivity index (χ2v) is 5.66. The fourth-order valence-corrected chi connectivity index (χ4v) is 2.77. The van der Waals surface area contributed by atoms with Crippen LogP contribution in [-0.2, 0) is 0 Å². The van der Waals surface area contributed by atoms with Crippen molar-refractivity contribution < 1.29 is 0 Å². The van der Waals surface area contributed by atoms with Crippen molar-refractivity contribution in [3.8, 4) is 9.89 Å². The molecule has 0 fully saturated rings. The van der Waals surface area contributed by atoms with Gasteiger partial charge in [-0.25, -0.2) is 0 Å². The van der Waals surface area contributed by atoms with Crippen LogP contribution in [-0.4, -0.2) is 20.9 Å². The van der Waals surface area contributed by atoms with Crippen molar-refractivity contribution in [3.63, 3.8) is 0 Å². The summed E-state index contributed by atoms with van der Waals surface area (Å²) in [5.41, 5.74) is 0. The minimum absolute atomic E-state index is 0.230. The van der Waals surface area contributed by atoms with E-state index in [0.29, 0.717) is 0 Å². The molecule has 0 spiro atoms. The third-order valence-corrected chi connectivity index (χ3v) is 4.04. The van der Waals surface area contributed by atoms with Crippen LogP contribution in [0.5, 0.6) is 0 Å². The van der Waals surface area contributed by atoms with Crippen LogP contribution in [0.15, 0.2) is 30.3 Å². The molecule has 1 aromatic rings. The van der Waals surface area contributed by atoms with Crippen LogP contribution in [0.1, 0.15) is 32.6 Å². The Kier molecular flexibility index (Phi) is 6.59. The standard InChI is InChI=1S/C13H16Te/c1-2-3-4-5-9-12-14-13-10-7-6-8-11-13/h6-8,10-11H,2-5H2,1H3. The first-order valence-corrected chi connectivity index (χ1v) is 7.46. The molecule has 0 amide bonds. The minimum atomic E-state index is -0.230. The van der Waals surface area contributed by atoms with Gasteiger partial charge in [0.25, 0.3) is 0 Å². The molecule has 0 aliphatic rings. The van der Waals surface area contributed by atoms with Crippen LogP contribution in [0.2, 0.25) is 0 Å². The van der Waals surface area contributed by atoms with Gasteiger partial charge in [0.05, 0.1) is 0 Å². The summed E-state index contributed by atoms with van der Waals surface area (Å²) in [5, 5.41) is 0. The van der Waals surface area contributed by atoms with Gasteiger partial charge in [-0.2, -0.15) is 0 Å². The van der Waals surface area contributed by atoms with E-state index in [2.05, 4.69) is 47.1 Å². The molecule has 0 nitrogen and oxygen atoms in total. The number of benzene rings is 1. The van der Waals surface area contributed by atoms with Crippen molar-refractivity contribution in [2.75, 3.05) is 0 Å². The van der Waals surface area contributed by atoms with Gasteiger partial charge in [0.2, 0.25) is 0 Å². The number of hydrogen-bond acceptors (Lipinski definition) is 0. The van der Waals surface area contributed by atoms with Crippen LogP contribution in [0.3, 0.4) is 0 Å². The molecule has 0 saturated heterocycles. The number of unbranched alkanes of at least 4 members (excludes halogenated alkanes) is 3. The predicted molar refractivity (Wildman–Crippen MR) is 63.7 cm³/mol. The molecule has 0 atom stereocenters. The van der Waals surface area contributed by atoms with Crippen molar-refractivity contribution in [2.24, 2.45) is 0 Å². The Labute approximate surface area is 97.2 Å². The molecule has 0 saturated carbocycles. The molecule has 0 N–H and O–H groups in total. The summed E-state index contributed by atoms with van der Waals surface area (Å²) in [6, 6.07) is 10.6. The summed E-state index contributed by atoms with van der Waals surface area (Å²) in [4.78, 5) is 0. The summed E-state index contributed by atoms with van der Waals surface area (Å²) < 4.78 is 4.79. The average molecular weight is 300 g/mol. The molecule has 1 aromatic carbocycles. The number of hydrogen-bond donors (Lipinski definition) is 0. The molecule has 1 rings (SSSR count). The molecule has 0 aromatic heterocycles. The molecule has 0 radical (unpaired) electrons. The SMILES string of the molecule is CCCCCC#C[Te]c1ccccc1. The Morgan fingerprint density at radius 3 is 2.64 bits per heavy atom. The van der Waals surface area contributed by atoms with E-state index in [1.165, 1.54) is 22.9 Å². The molecular weight excluding hydrogens is 284 g/mol. The van der Waals surface area contributed by atoms with Crippen molar-refractivity contribution in [1.29, 1.82) is 0 Å². The zero-order valence-electron chi connectivity index (χ0n) is 8.62. The molecule has 0 heterocycles. The van der Waals surface area contributed by atoms with E-state index in [1.54, 1.807) is 0 Å². The fourth-order valence-electron chi connectivity index (χ4n) is 1.10. The van der Waals surface area contributed by atoms with E-state index in [1.807, 2.05) is 0 Å². The van der Waals surface area contributed by atoms with Crippen LogP contribution < -0.4 is 3.61 Å². The van der Waals surface area contributed by atoms with Crippen molar-refractivity contribution in [2.45, 2.75) is 32.6 Å². The van der Waals surface area contributed by atoms with Crippen LogP contribution >= 0.6 is 0 Å². The summed E-state index contributed by atoms with van der Waals surface area (Å²) in [5.74, 6) is 3.28. The molecule has 0 aliphatic heterocycles. The van der Waals surface area contributed by atoms with Crippen LogP contribution in [0.4, 0.5) is 0 Å². The summed E-state index contributed by atoms with van der Waals surface area (Å²) >= 11 is -0.230. The summed E-state index contributed by atoms with van der Waals surface area (Å²) in [6.07, 6.45) is 4.97. The van der Waals surface area contributed by atoms with Gasteiger partial charge in [-0.15, -0.1) is 0 Å².